The van der Waals surface area contributed by atoms with Crippen LogP contribution >= 0.6 is 11.3 Å². The highest BCUT2D eigenvalue weighted by atomic mass is 32.1. The molecule has 0 saturated heterocycles. The number of urea groups is 1. The Kier molecular flexibility index (Phi) is 6.42. The van der Waals surface area contributed by atoms with E-state index < -0.39 is 11.9 Å². The maximum absolute atomic E-state index is 12.7. The van der Waals surface area contributed by atoms with Gasteiger partial charge in [-0.3, -0.25) is 15.0 Å². The fraction of sp³-hybridized carbons (Fsp3) is 0.429. The van der Waals surface area contributed by atoms with Crippen molar-refractivity contribution in [2.45, 2.75) is 52.5 Å². The first-order valence-electron chi connectivity index (χ1n) is 9.50. The lowest BCUT2D eigenvalue weighted by atomic mass is 10.1. The summed E-state index contributed by atoms with van der Waals surface area (Å²) in [5.74, 6) is 0.263. The summed E-state index contributed by atoms with van der Waals surface area (Å²) in [4.78, 5) is 30.4. The van der Waals surface area contributed by atoms with Gasteiger partial charge in [0, 0.05) is 13.3 Å². The Labute approximate surface area is 169 Å². The van der Waals surface area contributed by atoms with Gasteiger partial charge in [0.2, 0.25) is 5.91 Å². The molecule has 1 aliphatic rings. The number of rotatable bonds is 5. The van der Waals surface area contributed by atoms with Gasteiger partial charge in [0.05, 0.1) is 28.9 Å². The minimum atomic E-state index is -0.478. The van der Waals surface area contributed by atoms with Gasteiger partial charge in [-0.25, -0.2) is 9.78 Å². The van der Waals surface area contributed by atoms with Crippen molar-refractivity contribution < 1.29 is 9.59 Å². The number of nitrogens with one attached hydrogen (secondary N) is 1. The van der Waals surface area contributed by atoms with E-state index >= 15 is 0 Å². The summed E-state index contributed by atoms with van der Waals surface area (Å²) in [7, 11) is 0. The quantitative estimate of drug-likeness (QED) is 0.815. The lowest BCUT2D eigenvalue weighted by Crippen LogP contribution is -2.41. The molecule has 146 valence electrons. The lowest BCUT2D eigenvalue weighted by Gasteiger charge is -2.21. The summed E-state index contributed by atoms with van der Waals surface area (Å²) >= 11 is 1.52. The van der Waals surface area contributed by atoms with E-state index in [4.69, 9.17) is 10.2 Å². The van der Waals surface area contributed by atoms with Crippen molar-refractivity contribution in [3.63, 3.8) is 0 Å². The second kappa shape index (κ2) is 8.98. The normalized spacial score (nSPS) is 13.9. The molecule has 0 aliphatic heterocycles. The SMILES string of the molecule is CC(=O)NC(=O)N(Cc1cccc(C#N)c1)c1sc(CC2CCCC2)nc1C. The Bertz CT molecular complexity index is 909. The number of carbonyl (C=O) groups excluding carboxylic acids is 2. The van der Waals surface area contributed by atoms with Crippen LogP contribution in [0.2, 0.25) is 0 Å². The summed E-state index contributed by atoms with van der Waals surface area (Å²) in [6, 6.07) is 8.77. The van der Waals surface area contributed by atoms with Crippen LogP contribution in [0.1, 0.15) is 54.4 Å². The van der Waals surface area contributed by atoms with Crippen molar-refractivity contribution in [2.24, 2.45) is 5.92 Å². The molecule has 7 heteroatoms. The predicted molar refractivity (Wildman–Crippen MR) is 109 cm³/mol. The van der Waals surface area contributed by atoms with Crippen molar-refractivity contribution in [1.82, 2.24) is 10.3 Å². The number of benzene rings is 1. The van der Waals surface area contributed by atoms with Gasteiger partial charge in [-0.2, -0.15) is 5.26 Å². The average Bonchev–Trinajstić information content (AvgIpc) is 3.29. The van der Waals surface area contributed by atoms with E-state index in [0.717, 1.165) is 27.7 Å². The second-order valence-corrected chi connectivity index (χ2v) is 8.30. The Balaban J connectivity index is 1.87. The van der Waals surface area contributed by atoms with Crippen molar-refractivity contribution in [1.29, 1.82) is 5.26 Å². The van der Waals surface area contributed by atoms with Crippen LogP contribution in [-0.4, -0.2) is 16.9 Å². The molecule has 0 bridgehead atoms. The number of aryl methyl sites for hydroxylation is 1. The Morgan fingerprint density at radius 1 is 1.36 bits per heavy atom. The molecule has 2 aromatic rings. The Morgan fingerprint density at radius 2 is 2.11 bits per heavy atom. The van der Waals surface area contributed by atoms with Gasteiger partial charge in [0.1, 0.15) is 5.00 Å². The maximum Gasteiger partial charge on any atom is 0.329 e. The summed E-state index contributed by atoms with van der Waals surface area (Å²) < 4.78 is 0. The molecular formula is C21H24N4O2S. The summed E-state index contributed by atoms with van der Waals surface area (Å²) in [5.41, 5.74) is 2.14. The predicted octanol–water partition coefficient (Wildman–Crippen LogP) is 4.32. The van der Waals surface area contributed by atoms with E-state index in [9.17, 15) is 9.59 Å². The third kappa shape index (κ3) is 4.96. The van der Waals surface area contributed by atoms with Crippen molar-refractivity contribution in [3.05, 3.63) is 46.1 Å². The monoisotopic (exact) mass is 396 g/mol. The van der Waals surface area contributed by atoms with Crippen LogP contribution in [0.25, 0.3) is 0 Å². The number of anilines is 1. The molecule has 0 radical (unpaired) electrons. The third-order valence-corrected chi connectivity index (χ3v) is 6.13. The molecule has 3 amide bonds. The molecule has 1 N–H and O–H groups in total. The van der Waals surface area contributed by atoms with Crippen molar-refractivity contribution in [3.8, 4) is 6.07 Å². The van der Waals surface area contributed by atoms with E-state index in [1.54, 1.807) is 23.1 Å². The zero-order chi connectivity index (χ0) is 20.1. The van der Waals surface area contributed by atoms with Gasteiger partial charge in [-0.15, -0.1) is 11.3 Å². The number of nitriles is 1. The van der Waals surface area contributed by atoms with Crippen molar-refractivity contribution in [2.75, 3.05) is 4.90 Å². The van der Waals surface area contributed by atoms with Crippen LogP contribution < -0.4 is 10.2 Å². The van der Waals surface area contributed by atoms with Gasteiger partial charge in [0.25, 0.3) is 0 Å². The van der Waals surface area contributed by atoms with Crippen LogP contribution in [0.4, 0.5) is 9.80 Å². The lowest BCUT2D eigenvalue weighted by molar-refractivity contribution is -0.117. The number of amides is 3. The number of thiazole rings is 1. The molecule has 0 atom stereocenters. The van der Waals surface area contributed by atoms with Gasteiger partial charge in [-0.1, -0.05) is 37.8 Å². The fourth-order valence-electron chi connectivity index (χ4n) is 3.62. The maximum atomic E-state index is 12.7. The molecular weight excluding hydrogens is 372 g/mol. The molecule has 1 fully saturated rings. The molecule has 1 saturated carbocycles. The summed E-state index contributed by atoms with van der Waals surface area (Å²) in [6.07, 6.45) is 5.99. The molecule has 1 aliphatic carbocycles. The van der Waals surface area contributed by atoms with Crippen LogP contribution in [0, 0.1) is 24.2 Å². The summed E-state index contributed by atoms with van der Waals surface area (Å²) in [6.45, 7) is 3.47. The van der Waals surface area contributed by atoms with Crippen LogP contribution in [0.3, 0.4) is 0 Å². The average molecular weight is 397 g/mol. The highest BCUT2D eigenvalue weighted by Crippen LogP contribution is 2.34. The molecule has 1 aromatic heterocycles. The zero-order valence-corrected chi connectivity index (χ0v) is 17.0. The number of hydrogen-bond acceptors (Lipinski definition) is 5. The summed E-state index contributed by atoms with van der Waals surface area (Å²) in [5, 5.41) is 13.3. The van der Waals surface area contributed by atoms with E-state index in [2.05, 4.69) is 11.4 Å². The molecule has 28 heavy (non-hydrogen) atoms. The van der Waals surface area contributed by atoms with E-state index in [0.29, 0.717) is 11.5 Å². The smallest absolute Gasteiger partial charge is 0.279 e. The van der Waals surface area contributed by atoms with Gasteiger partial charge >= 0.3 is 6.03 Å². The molecule has 1 heterocycles. The first-order chi connectivity index (χ1) is 13.5. The first-order valence-corrected chi connectivity index (χ1v) is 10.3. The minimum absolute atomic E-state index is 0.264. The van der Waals surface area contributed by atoms with E-state index in [-0.39, 0.29) is 6.54 Å². The minimum Gasteiger partial charge on any atom is -0.279 e. The van der Waals surface area contributed by atoms with Crippen LogP contribution in [0.5, 0.6) is 0 Å². The highest BCUT2D eigenvalue weighted by molar-refractivity contribution is 7.16. The fourth-order valence-corrected chi connectivity index (χ4v) is 4.79. The Hall–Kier alpha value is -2.72. The first kappa shape index (κ1) is 20.0. The molecule has 1 aromatic carbocycles. The zero-order valence-electron chi connectivity index (χ0n) is 16.2. The standard InChI is InChI=1S/C21H24N4O2S/c1-14-20(28-19(23-14)11-16-6-3-4-7-16)25(21(27)24-15(2)26)13-18-9-5-8-17(10-18)12-22/h5,8-10,16H,3-4,6-7,11,13H2,1-2H3,(H,24,26,27). The van der Waals surface area contributed by atoms with Crippen molar-refractivity contribution >= 4 is 28.3 Å². The van der Waals surface area contributed by atoms with Gasteiger partial charge in [-0.05, 0) is 30.5 Å². The van der Waals surface area contributed by atoms with Gasteiger partial charge in [0.15, 0.2) is 0 Å². The third-order valence-electron chi connectivity index (χ3n) is 4.92. The van der Waals surface area contributed by atoms with Crippen LogP contribution in [-0.2, 0) is 17.8 Å². The molecule has 0 unspecified atom stereocenters. The number of aromatic nitrogens is 1. The van der Waals surface area contributed by atoms with E-state index in [1.165, 1.54) is 43.9 Å². The number of carbonyl (C=O) groups is 2. The Morgan fingerprint density at radius 3 is 2.79 bits per heavy atom. The highest BCUT2D eigenvalue weighted by Gasteiger charge is 2.24. The van der Waals surface area contributed by atoms with Gasteiger partial charge < -0.3 is 0 Å². The molecule has 3 rings (SSSR count). The molecule has 0 spiro atoms. The molecule has 6 nitrogen and oxygen atoms in total. The van der Waals surface area contributed by atoms with E-state index in [1.807, 2.05) is 13.0 Å². The number of hydrogen-bond donors (Lipinski definition) is 1. The van der Waals surface area contributed by atoms with Crippen LogP contribution in [0.15, 0.2) is 24.3 Å². The topological polar surface area (TPSA) is 86.1 Å². The number of nitrogens with zero attached hydrogens (tertiary/aromatic N) is 3. The second-order valence-electron chi connectivity index (χ2n) is 7.24. The largest absolute Gasteiger partial charge is 0.329 e. The number of imide groups is 1.